The highest BCUT2D eigenvalue weighted by atomic mass is 16.5. The van der Waals surface area contributed by atoms with E-state index in [0.717, 1.165) is 0 Å². The van der Waals surface area contributed by atoms with Gasteiger partial charge in [-0.2, -0.15) is 5.10 Å². The Bertz CT molecular complexity index is 248. The Labute approximate surface area is 76.1 Å². The third-order valence-electron chi connectivity index (χ3n) is 1.49. The zero-order valence-corrected chi connectivity index (χ0v) is 7.53. The van der Waals surface area contributed by atoms with E-state index in [4.69, 9.17) is 4.74 Å². The van der Waals surface area contributed by atoms with Crippen molar-refractivity contribution in [1.29, 1.82) is 0 Å². The fourth-order valence-corrected chi connectivity index (χ4v) is 0.907. The second kappa shape index (κ2) is 4.02. The molecule has 5 heteroatoms. The number of hydrogen-bond donors (Lipinski definition) is 1. The lowest BCUT2D eigenvalue weighted by atomic mass is 10.1. The smallest absolute Gasteiger partial charge is 0.319 e. The number of amides is 1. The summed E-state index contributed by atoms with van der Waals surface area (Å²) in [6.07, 6.45) is 2.49. The van der Waals surface area contributed by atoms with Gasteiger partial charge in [0.05, 0.1) is 12.3 Å². The van der Waals surface area contributed by atoms with Crippen molar-refractivity contribution in [3.63, 3.8) is 0 Å². The summed E-state index contributed by atoms with van der Waals surface area (Å²) >= 11 is 0. The molecule has 71 valence electrons. The van der Waals surface area contributed by atoms with E-state index in [1.807, 2.05) is 0 Å². The molecular weight excluding hydrogens is 172 g/mol. The van der Waals surface area contributed by atoms with Gasteiger partial charge in [0.15, 0.2) is 0 Å². The van der Waals surface area contributed by atoms with Gasteiger partial charge in [0.1, 0.15) is 5.92 Å². The van der Waals surface area contributed by atoms with E-state index in [0.29, 0.717) is 0 Å². The van der Waals surface area contributed by atoms with E-state index >= 15 is 0 Å². The quantitative estimate of drug-likeness (QED) is 0.481. The van der Waals surface area contributed by atoms with Crippen LogP contribution in [0.4, 0.5) is 0 Å². The molecule has 0 bridgehead atoms. The van der Waals surface area contributed by atoms with Gasteiger partial charge in [-0.1, -0.05) is 0 Å². The van der Waals surface area contributed by atoms with Crippen molar-refractivity contribution < 1.29 is 14.3 Å². The van der Waals surface area contributed by atoms with Crippen LogP contribution in [0, 0.1) is 5.92 Å². The second-order valence-corrected chi connectivity index (χ2v) is 2.99. The lowest BCUT2D eigenvalue weighted by molar-refractivity contribution is -0.155. The molecule has 1 heterocycles. The average molecular weight is 183 g/mol. The van der Waals surface area contributed by atoms with Crippen LogP contribution in [0.2, 0.25) is 0 Å². The summed E-state index contributed by atoms with van der Waals surface area (Å²) in [4.78, 5) is 22.3. The van der Waals surface area contributed by atoms with E-state index in [1.165, 1.54) is 0 Å². The monoisotopic (exact) mass is 183 g/mol. The van der Waals surface area contributed by atoms with Crippen molar-refractivity contribution in [2.24, 2.45) is 11.0 Å². The predicted molar refractivity (Wildman–Crippen MR) is 44.9 cm³/mol. The molecule has 0 aliphatic carbocycles. The van der Waals surface area contributed by atoms with Gasteiger partial charge in [-0.25, -0.2) is 5.43 Å². The summed E-state index contributed by atoms with van der Waals surface area (Å²) in [5.74, 6) is -1.74. The van der Waals surface area contributed by atoms with Gasteiger partial charge in [0, 0.05) is 6.42 Å². The number of esters is 1. The molecule has 0 aromatic carbocycles. The fourth-order valence-electron chi connectivity index (χ4n) is 0.907. The van der Waals surface area contributed by atoms with Crippen LogP contribution in [0.5, 0.6) is 0 Å². The summed E-state index contributed by atoms with van der Waals surface area (Å²) in [6, 6.07) is 0. The third-order valence-corrected chi connectivity index (χ3v) is 1.49. The highest BCUT2D eigenvalue weighted by Gasteiger charge is 2.30. The molecule has 0 saturated heterocycles. The first kappa shape index (κ1) is 9.70. The van der Waals surface area contributed by atoms with Crippen molar-refractivity contribution in [3.05, 3.63) is 0 Å². The SMILES string of the molecule is CC(C)OC(=O)C1C[C]=NNC1=O. The third kappa shape index (κ3) is 2.54. The minimum Gasteiger partial charge on any atom is -0.462 e. The van der Waals surface area contributed by atoms with Crippen molar-refractivity contribution >= 4 is 18.1 Å². The lowest BCUT2D eigenvalue weighted by Gasteiger charge is -2.16. The Balaban J connectivity index is 2.55. The molecular formula is C8H11N2O3. The maximum Gasteiger partial charge on any atom is 0.319 e. The lowest BCUT2D eigenvalue weighted by Crippen LogP contribution is -2.37. The molecule has 1 atom stereocenters. The number of nitrogens with one attached hydrogen (secondary N) is 1. The standard InChI is InChI=1S/C8H11N2O3/c1-5(2)13-8(12)6-3-4-9-10-7(6)11/h5-6H,3H2,1-2H3,(H,10,11). The zero-order valence-electron chi connectivity index (χ0n) is 7.53. The summed E-state index contributed by atoms with van der Waals surface area (Å²) < 4.78 is 4.88. The molecule has 0 fully saturated rings. The maximum atomic E-state index is 11.3. The summed E-state index contributed by atoms with van der Waals surface area (Å²) in [5.41, 5.74) is 2.16. The van der Waals surface area contributed by atoms with Crippen LogP contribution in [-0.4, -0.2) is 24.2 Å². The average Bonchev–Trinajstić information content (AvgIpc) is 2.03. The van der Waals surface area contributed by atoms with Crippen molar-refractivity contribution in [2.75, 3.05) is 0 Å². The number of ether oxygens (including phenoxy) is 1. The highest BCUT2D eigenvalue weighted by Crippen LogP contribution is 2.09. The largest absolute Gasteiger partial charge is 0.462 e. The minimum atomic E-state index is -0.792. The molecule has 0 saturated carbocycles. The molecule has 5 nitrogen and oxygen atoms in total. The molecule has 1 radical (unpaired) electrons. The van der Waals surface area contributed by atoms with E-state index in [2.05, 4.69) is 16.7 Å². The Morgan fingerprint density at radius 1 is 1.77 bits per heavy atom. The van der Waals surface area contributed by atoms with Crippen LogP contribution >= 0.6 is 0 Å². The molecule has 1 rings (SSSR count). The summed E-state index contributed by atoms with van der Waals surface area (Å²) in [6.45, 7) is 3.47. The van der Waals surface area contributed by atoms with Crippen molar-refractivity contribution in [3.8, 4) is 0 Å². The Morgan fingerprint density at radius 2 is 2.46 bits per heavy atom. The Morgan fingerprint density at radius 3 is 3.00 bits per heavy atom. The fraction of sp³-hybridized carbons (Fsp3) is 0.625. The number of hydrogen-bond acceptors (Lipinski definition) is 4. The number of carbonyl (C=O) groups excluding carboxylic acids is 2. The second-order valence-electron chi connectivity index (χ2n) is 2.99. The van der Waals surface area contributed by atoms with E-state index in [-0.39, 0.29) is 12.5 Å². The zero-order chi connectivity index (χ0) is 9.84. The molecule has 13 heavy (non-hydrogen) atoms. The normalized spacial score (nSPS) is 21.5. The molecule has 0 spiro atoms. The molecule has 1 aliphatic heterocycles. The first-order valence-corrected chi connectivity index (χ1v) is 4.04. The van der Waals surface area contributed by atoms with Gasteiger partial charge in [-0.3, -0.25) is 9.59 Å². The van der Waals surface area contributed by atoms with Gasteiger partial charge < -0.3 is 4.74 Å². The van der Waals surface area contributed by atoms with Gasteiger partial charge >= 0.3 is 5.97 Å². The molecule has 0 aromatic heterocycles. The van der Waals surface area contributed by atoms with Crippen LogP contribution in [0.25, 0.3) is 0 Å². The summed E-state index contributed by atoms with van der Waals surface area (Å²) in [7, 11) is 0. The topological polar surface area (TPSA) is 67.8 Å². The molecule has 1 unspecified atom stereocenters. The van der Waals surface area contributed by atoms with Gasteiger partial charge in [0.2, 0.25) is 0 Å². The van der Waals surface area contributed by atoms with E-state index in [1.54, 1.807) is 13.8 Å². The predicted octanol–water partition coefficient (Wildman–Crippen LogP) is -0.0631. The van der Waals surface area contributed by atoms with Crippen LogP contribution in [0.3, 0.4) is 0 Å². The highest BCUT2D eigenvalue weighted by molar-refractivity contribution is 6.01. The minimum absolute atomic E-state index is 0.192. The molecule has 1 aliphatic rings. The van der Waals surface area contributed by atoms with Gasteiger partial charge in [-0.15, -0.1) is 0 Å². The van der Waals surface area contributed by atoms with E-state index < -0.39 is 17.8 Å². The maximum absolute atomic E-state index is 11.3. The first-order valence-electron chi connectivity index (χ1n) is 4.04. The number of nitrogens with zero attached hydrogens (tertiary/aromatic N) is 1. The Hall–Kier alpha value is -1.39. The number of hydrazone groups is 1. The first-order chi connectivity index (χ1) is 6.11. The Kier molecular flexibility index (Phi) is 3.00. The van der Waals surface area contributed by atoms with Gasteiger partial charge in [0.25, 0.3) is 5.91 Å². The molecule has 1 amide bonds. The summed E-state index contributed by atoms with van der Waals surface area (Å²) in [5, 5.41) is 3.41. The van der Waals surface area contributed by atoms with Crippen molar-refractivity contribution in [2.45, 2.75) is 26.4 Å². The van der Waals surface area contributed by atoms with E-state index in [9.17, 15) is 9.59 Å². The van der Waals surface area contributed by atoms with Crippen LogP contribution in [-0.2, 0) is 14.3 Å². The molecule has 0 aromatic rings. The number of rotatable bonds is 2. The number of carbonyl (C=O) groups is 2. The van der Waals surface area contributed by atoms with Gasteiger partial charge in [-0.05, 0) is 13.8 Å². The van der Waals surface area contributed by atoms with Crippen molar-refractivity contribution in [1.82, 2.24) is 5.43 Å². The van der Waals surface area contributed by atoms with Crippen LogP contribution < -0.4 is 5.43 Å². The van der Waals surface area contributed by atoms with Crippen LogP contribution in [0.15, 0.2) is 5.10 Å². The van der Waals surface area contributed by atoms with Crippen LogP contribution in [0.1, 0.15) is 20.3 Å². The molecule has 1 N–H and O–H groups in total.